The van der Waals surface area contributed by atoms with Crippen LogP contribution in [0.3, 0.4) is 0 Å². The molecule has 1 aromatic carbocycles. The molecule has 0 aromatic heterocycles. The Balaban J connectivity index is 1.88. The summed E-state index contributed by atoms with van der Waals surface area (Å²) < 4.78 is 23.4. The van der Waals surface area contributed by atoms with Crippen LogP contribution in [0.5, 0.6) is 0 Å². The Morgan fingerprint density at radius 2 is 1.96 bits per heavy atom. The van der Waals surface area contributed by atoms with Gasteiger partial charge in [0, 0.05) is 24.0 Å². The van der Waals surface area contributed by atoms with E-state index >= 15 is 0 Å². The molecule has 0 saturated carbocycles. The summed E-state index contributed by atoms with van der Waals surface area (Å²) in [4.78, 5) is 14.4. The molecule has 0 spiro atoms. The summed E-state index contributed by atoms with van der Waals surface area (Å²) in [7, 11) is -2.97. The van der Waals surface area contributed by atoms with Crippen molar-refractivity contribution in [3.63, 3.8) is 0 Å². The maximum Gasteiger partial charge on any atom is 0.222 e. The Morgan fingerprint density at radius 1 is 1.25 bits per heavy atom. The normalized spacial score (nSPS) is 19.3. The molecule has 0 N–H and O–H groups in total. The minimum absolute atomic E-state index is 0.0829. The van der Waals surface area contributed by atoms with E-state index in [-0.39, 0.29) is 23.5 Å². The van der Waals surface area contributed by atoms with Crippen molar-refractivity contribution in [3.8, 4) is 0 Å². The van der Waals surface area contributed by atoms with E-state index < -0.39 is 9.84 Å². The molecular weight excluding hydrogens is 346 g/mol. The molecule has 1 atom stereocenters. The van der Waals surface area contributed by atoms with E-state index in [2.05, 4.69) is 6.92 Å². The van der Waals surface area contributed by atoms with Gasteiger partial charge in [-0.15, -0.1) is 0 Å². The first-order chi connectivity index (χ1) is 11.4. The lowest BCUT2D eigenvalue weighted by Crippen LogP contribution is -2.41. The fourth-order valence-electron chi connectivity index (χ4n) is 3.10. The number of nitrogens with zero attached hydrogens (tertiary/aromatic N) is 1. The van der Waals surface area contributed by atoms with Crippen LogP contribution in [0.4, 0.5) is 0 Å². The van der Waals surface area contributed by atoms with Crippen molar-refractivity contribution >= 4 is 27.3 Å². The molecule has 1 aliphatic rings. The Morgan fingerprint density at radius 3 is 2.54 bits per heavy atom. The maximum atomic E-state index is 12.6. The molecule has 2 rings (SSSR count). The van der Waals surface area contributed by atoms with Gasteiger partial charge in [0.1, 0.15) is 0 Å². The Labute approximate surface area is 150 Å². The molecule has 0 radical (unpaired) electrons. The van der Waals surface area contributed by atoms with E-state index in [0.29, 0.717) is 24.4 Å². The third kappa shape index (κ3) is 5.78. The van der Waals surface area contributed by atoms with Crippen LogP contribution in [0.2, 0.25) is 5.02 Å². The molecule has 1 heterocycles. The summed E-state index contributed by atoms with van der Waals surface area (Å²) in [6.07, 6.45) is 4.54. The topological polar surface area (TPSA) is 54.5 Å². The van der Waals surface area contributed by atoms with Gasteiger partial charge in [-0.1, -0.05) is 37.1 Å². The predicted octanol–water partition coefficient (Wildman–Crippen LogP) is 3.48. The number of unbranched alkanes of at least 4 members (excludes halogenated alkanes) is 1. The molecule has 1 unspecified atom stereocenters. The monoisotopic (exact) mass is 371 g/mol. The second kappa shape index (κ2) is 8.86. The summed E-state index contributed by atoms with van der Waals surface area (Å²) in [5.41, 5.74) is 1.16. The lowest BCUT2D eigenvalue weighted by molar-refractivity contribution is -0.133. The zero-order valence-electron chi connectivity index (χ0n) is 14.2. The van der Waals surface area contributed by atoms with Gasteiger partial charge in [-0.25, -0.2) is 8.42 Å². The Bertz CT molecular complexity index is 643. The van der Waals surface area contributed by atoms with Gasteiger partial charge in [0.2, 0.25) is 5.91 Å². The van der Waals surface area contributed by atoms with Gasteiger partial charge in [-0.2, -0.15) is 0 Å². The summed E-state index contributed by atoms with van der Waals surface area (Å²) in [5, 5.41) is 0.711. The molecule has 1 amide bonds. The van der Waals surface area contributed by atoms with E-state index in [9.17, 15) is 13.2 Å². The van der Waals surface area contributed by atoms with Crippen molar-refractivity contribution in [2.24, 2.45) is 0 Å². The third-order valence-electron chi connectivity index (χ3n) is 4.49. The highest BCUT2D eigenvalue weighted by molar-refractivity contribution is 7.91. The molecular formula is C18H26ClNO3S. The van der Waals surface area contributed by atoms with Crippen molar-refractivity contribution in [1.82, 2.24) is 4.90 Å². The Kier molecular flexibility index (Phi) is 7.11. The van der Waals surface area contributed by atoms with Crippen LogP contribution >= 0.6 is 11.6 Å². The standard InChI is InChI=1S/C18H26ClNO3S/c1-2-3-12-20(17-11-13-24(22,23)14-17)18(21)6-4-5-15-7-9-16(19)10-8-15/h7-10,17H,2-6,11-14H2,1H3. The first kappa shape index (κ1) is 19.3. The number of hydrogen-bond donors (Lipinski definition) is 0. The second-order valence-electron chi connectivity index (χ2n) is 6.48. The number of rotatable bonds is 8. The number of sulfone groups is 1. The highest BCUT2D eigenvalue weighted by atomic mass is 35.5. The fraction of sp³-hybridized carbons (Fsp3) is 0.611. The highest BCUT2D eigenvalue weighted by Gasteiger charge is 2.33. The SMILES string of the molecule is CCCCN(C(=O)CCCc1ccc(Cl)cc1)C1CCS(=O)(=O)C1. The molecule has 1 fully saturated rings. The summed E-state index contributed by atoms with van der Waals surface area (Å²) in [6, 6.07) is 7.53. The van der Waals surface area contributed by atoms with Crippen molar-refractivity contribution in [3.05, 3.63) is 34.9 Å². The van der Waals surface area contributed by atoms with Gasteiger partial charge in [-0.05, 0) is 43.4 Å². The lowest BCUT2D eigenvalue weighted by atomic mass is 10.1. The average Bonchev–Trinajstić information content (AvgIpc) is 2.89. The molecule has 4 nitrogen and oxygen atoms in total. The van der Waals surface area contributed by atoms with Crippen LogP contribution in [-0.4, -0.2) is 43.3 Å². The van der Waals surface area contributed by atoms with E-state index in [1.54, 1.807) is 0 Å². The van der Waals surface area contributed by atoms with Crippen LogP contribution in [-0.2, 0) is 21.1 Å². The fourth-order valence-corrected chi connectivity index (χ4v) is 4.96. The maximum absolute atomic E-state index is 12.6. The van der Waals surface area contributed by atoms with E-state index in [1.807, 2.05) is 29.2 Å². The number of aryl methyl sites for hydroxylation is 1. The average molecular weight is 372 g/mol. The number of amides is 1. The van der Waals surface area contributed by atoms with Gasteiger partial charge in [0.15, 0.2) is 9.84 Å². The van der Waals surface area contributed by atoms with Crippen LogP contribution in [0.25, 0.3) is 0 Å². The van der Waals surface area contributed by atoms with Gasteiger partial charge < -0.3 is 4.90 Å². The zero-order chi connectivity index (χ0) is 17.6. The number of carbonyl (C=O) groups is 1. The van der Waals surface area contributed by atoms with Crippen LogP contribution in [0.15, 0.2) is 24.3 Å². The van der Waals surface area contributed by atoms with Gasteiger partial charge in [0.25, 0.3) is 0 Å². The molecule has 0 bridgehead atoms. The van der Waals surface area contributed by atoms with Crippen LogP contribution in [0.1, 0.15) is 44.6 Å². The van der Waals surface area contributed by atoms with Gasteiger partial charge in [-0.3, -0.25) is 4.79 Å². The predicted molar refractivity (Wildman–Crippen MR) is 98.1 cm³/mol. The molecule has 6 heteroatoms. The van der Waals surface area contributed by atoms with Crippen molar-refractivity contribution in [2.75, 3.05) is 18.1 Å². The van der Waals surface area contributed by atoms with Gasteiger partial charge >= 0.3 is 0 Å². The number of hydrogen-bond acceptors (Lipinski definition) is 3. The summed E-state index contributed by atoms with van der Waals surface area (Å²) in [6.45, 7) is 2.74. The van der Waals surface area contributed by atoms with E-state index in [0.717, 1.165) is 31.2 Å². The molecule has 1 saturated heterocycles. The first-order valence-electron chi connectivity index (χ1n) is 8.65. The molecule has 1 aromatic rings. The largest absolute Gasteiger partial charge is 0.339 e. The molecule has 24 heavy (non-hydrogen) atoms. The van der Waals surface area contributed by atoms with Crippen molar-refractivity contribution < 1.29 is 13.2 Å². The van der Waals surface area contributed by atoms with E-state index in [4.69, 9.17) is 11.6 Å². The number of carbonyl (C=O) groups excluding carboxylic acids is 1. The smallest absolute Gasteiger partial charge is 0.222 e. The van der Waals surface area contributed by atoms with Gasteiger partial charge in [0.05, 0.1) is 11.5 Å². The molecule has 0 aliphatic carbocycles. The summed E-state index contributed by atoms with van der Waals surface area (Å²) in [5.74, 6) is 0.414. The Hall–Kier alpha value is -1.07. The third-order valence-corrected chi connectivity index (χ3v) is 6.49. The first-order valence-corrected chi connectivity index (χ1v) is 10.9. The summed E-state index contributed by atoms with van der Waals surface area (Å²) >= 11 is 5.87. The van der Waals surface area contributed by atoms with Crippen LogP contribution < -0.4 is 0 Å². The minimum Gasteiger partial charge on any atom is -0.339 e. The highest BCUT2D eigenvalue weighted by Crippen LogP contribution is 2.20. The number of benzene rings is 1. The lowest BCUT2D eigenvalue weighted by Gasteiger charge is -2.28. The van der Waals surface area contributed by atoms with Crippen molar-refractivity contribution in [1.29, 1.82) is 0 Å². The molecule has 1 aliphatic heterocycles. The van der Waals surface area contributed by atoms with Crippen LogP contribution in [0, 0.1) is 0 Å². The van der Waals surface area contributed by atoms with E-state index in [1.165, 1.54) is 0 Å². The molecule has 134 valence electrons. The quantitative estimate of drug-likeness (QED) is 0.703. The number of halogens is 1. The minimum atomic E-state index is -2.97. The van der Waals surface area contributed by atoms with Crippen molar-refractivity contribution in [2.45, 2.75) is 51.5 Å². The zero-order valence-corrected chi connectivity index (χ0v) is 15.8. The second-order valence-corrected chi connectivity index (χ2v) is 9.14.